The lowest BCUT2D eigenvalue weighted by Crippen LogP contribution is -2.51. The molecule has 0 aromatic carbocycles. The third kappa shape index (κ3) is 2.73. The molecule has 1 N–H and O–H groups in total. The Bertz CT molecular complexity index is 119. The first-order valence-electron chi connectivity index (χ1n) is 4.82. The van der Waals surface area contributed by atoms with E-state index in [1.54, 1.807) is 7.11 Å². The second-order valence-electron chi connectivity index (χ2n) is 3.29. The molecule has 0 bridgehead atoms. The quantitative estimate of drug-likeness (QED) is 0.661. The number of nitrogens with zero attached hydrogens (tertiary/aromatic N) is 1. The van der Waals surface area contributed by atoms with Crippen molar-refractivity contribution in [3.63, 3.8) is 0 Å². The highest BCUT2D eigenvalue weighted by Crippen LogP contribution is 2.05. The van der Waals surface area contributed by atoms with Crippen LogP contribution in [0.3, 0.4) is 0 Å². The smallest absolute Gasteiger partial charge is 0.0589 e. The summed E-state index contributed by atoms with van der Waals surface area (Å²) < 4.78 is 5.08. The van der Waals surface area contributed by atoms with E-state index in [1.807, 2.05) is 0 Å². The van der Waals surface area contributed by atoms with Crippen LogP contribution >= 0.6 is 0 Å². The number of hydrogen-bond acceptors (Lipinski definition) is 3. The largest absolute Gasteiger partial charge is 0.383 e. The highest BCUT2D eigenvalue weighted by Gasteiger charge is 2.19. The lowest BCUT2D eigenvalue weighted by atomic mass is 10.1. The number of methoxy groups -OCH3 is 1. The van der Waals surface area contributed by atoms with Gasteiger partial charge in [-0.3, -0.25) is 4.90 Å². The summed E-state index contributed by atoms with van der Waals surface area (Å²) in [5.41, 5.74) is 0. The van der Waals surface area contributed by atoms with Crippen LogP contribution in [0.2, 0.25) is 0 Å². The Morgan fingerprint density at radius 1 is 1.58 bits per heavy atom. The molecule has 1 aliphatic rings. The van der Waals surface area contributed by atoms with Crippen molar-refractivity contribution < 1.29 is 4.74 Å². The predicted octanol–water partition coefficient (Wildman–Crippen LogP) is 0.317. The summed E-state index contributed by atoms with van der Waals surface area (Å²) in [6, 6.07) is 0.717. The van der Waals surface area contributed by atoms with Crippen molar-refractivity contribution in [2.24, 2.45) is 0 Å². The van der Waals surface area contributed by atoms with Crippen LogP contribution in [-0.4, -0.2) is 50.8 Å². The molecule has 0 aromatic heterocycles. The molecule has 0 aromatic rings. The third-order valence-electron chi connectivity index (χ3n) is 2.53. The van der Waals surface area contributed by atoms with Crippen molar-refractivity contribution in [3.8, 4) is 0 Å². The molecule has 0 spiro atoms. The Morgan fingerprint density at radius 3 is 3.08 bits per heavy atom. The van der Waals surface area contributed by atoms with Crippen molar-refractivity contribution in [3.05, 3.63) is 0 Å². The zero-order valence-corrected chi connectivity index (χ0v) is 8.18. The number of hydrogen-bond donors (Lipinski definition) is 1. The molecule has 1 atom stereocenters. The molecule has 12 heavy (non-hydrogen) atoms. The first-order valence-corrected chi connectivity index (χ1v) is 4.82. The minimum Gasteiger partial charge on any atom is -0.383 e. The van der Waals surface area contributed by atoms with Gasteiger partial charge in [-0.1, -0.05) is 6.92 Å². The van der Waals surface area contributed by atoms with E-state index in [4.69, 9.17) is 4.74 Å². The molecule has 1 fully saturated rings. The van der Waals surface area contributed by atoms with E-state index in [0.717, 1.165) is 26.2 Å². The van der Waals surface area contributed by atoms with Crippen molar-refractivity contribution in [2.75, 3.05) is 39.9 Å². The summed E-state index contributed by atoms with van der Waals surface area (Å²) in [6.45, 7) is 7.62. The van der Waals surface area contributed by atoms with Gasteiger partial charge in [0.2, 0.25) is 0 Å². The van der Waals surface area contributed by atoms with Crippen LogP contribution < -0.4 is 5.32 Å². The Kier molecular flexibility index (Phi) is 4.58. The Balaban J connectivity index is 2.26. The zero-order valence-electron chi connectivity index (χ0n) is 8.18. The molecule has 1 heterocycles. The number of nitrogens with one attached hydrogen (secondary N) is 1. The highest BCUT2D eigenvalue weighted by atomic mass is 16.5. The van der Waals surface area contributed by atoms with Crippen LogP contribution in [0.25, 0.3) is 0 Å². The van der Waals surface area contributed by atoms with Gasteiger partial charge in [-0.25, -0.2) is 0 Å². The maximum Gasteiger partial charge on any atom is 0.0589 e. The van der Waals surface area contributed by atoms with Crippen LogP contribution in [0.15, 0.2) is 0 Å². The zero-order chi connectivity index (χ0) is 8.81. The molecule has 0 aliphatic carbocycles. The van der Waals surface area contributed by atoms with Crippen LogP contribution in [0, 0.1) is 0 Å². The lowest BCUT2D eigenvalue weighted by Gasteiger charge is -2.35. The average molecular weight is 172 g/mol. The minimum absolute atomic E-state index is 0.717. The molecular formula is C9H20N2O. The summed E-state index contributed by atoms with van der Waals surface area (Å²) in [5, 5.41) is 3.41. The van der Waals surface area contributed by atoms with E-state index in [0.29, 0.717) is 6.04 Å². The summed E-state index contributed by atoms with van der Waals surface area (Å²) >= 11 is 0. The molecule has 0 saturated carbocycles. The third-order valence-corrected chi connectivity index (χ3v) is 2.53. The standard InChI is InChI=1S/C9H20N2O/c1-3-9-8-10-4-5-11(9)6-7-12-2/h9-10H,3-8H2,1-2H3/t9-/m0/s1. The van der Waals surface area contributed by atoms with Gasteiger partial charge >= 0.3 is 0 Å². The first kappa shape index (κ1) is 9.96. The van der Waals surface area contributed by atoms with E-state index in [2.05, 4.69) is 17.1 Å². The highest BCUT2D eigenvalue weighted by molar-refractivity contribution is 4.78. The molecule has 3 nitrogen and oxygen atoms in total. The number of piperazine rings is 1. The van der Waals surface area contributed by atoms with Gasteiger partial charge in [-0.05, 0) is 6.42 Å². The van der Waals surface area contributed by atoms with Crippen LogP contribution in [0.1, 0.15) is 13.3 Å². The fourth-order valence-corrected chi connectivity index (χ4v) is 1.71. The van der Waals surface area contributed by atoms with Gasteiger partial charge in [0.1, 0.15) is 0 Å². The molecule has 1 saturated heterocycles. The van der Waals surface area contributed by atoms with E-state index in [-0.39, 0.29) is 0 Å². The van der Waals surface area contributed by atoms with Crippen LogP contribution in [0.4, 0.5) is 0 Å². The van der Waals surface area contributed by atoms with Gasteiger partial charge in [-0.15, -0.1) is 0 Å². The Hall–Kier alpha value is -0.120. The molecule has 0 unspecified atom stereocenters. The number of rotatable bonds is 4. The fraction of sp³-hybridized carbons (Fsp3) is 1.00. The van der Waals surface area contributed by atoms with Gasteiger partial charge in [0.05, 0.1) is 6.61 Å². The Labute approximate surface area is 75.1 Å². The van der Waals surface area contributed by atoms with Gasteiger partial charge in [-0.2, -0.15) is 0 Å². The molecule has 0 amide bonds. The van der Waals surface area contributed by atoms with E-state index in [9.17, 15) is 0 Å². The summed E-state index contributed by atoms with van der Waals surface area (Å²) in [6.07, 6.45) is 1.23. The Morgan fingerprint density at radius 2 is 2.42 bits per heavy atom. The lowest BCUT2D eigenvalue weighted by molar-refractivity contribution is 0.102. The summed E-state index contributed by atoms with van der Waals surface area (Å²) in [4.78, 5) is 2.51. The fourth-order valence-electron chi connectivity index (χ4n) is 1.71. The van der Waals surface area contributed by atoms with E-state index < -0.39 is 0 Å². The SMILES string of the molecule is CC[C@H]1CNCCN1CCOC. The van der Waals surface area contributed by atoms with Crippen LogP contribution in [0.5, 0.6) is 0 Å². The minimum atomic E-state index is 0.717. The summed E-state index contributed by atoms with van der Waals surface area (Å²) in [5.74, 6) is 0. The monoisotopic (exact) mass is 172 g/mol. The number of ether oxygens (including phenoxy) is 1. The average Bonchev–Trinajstić information content (AvgIpc) is 2.15. The maximum atomic E-state index is 5.08. The van der Waals surface area contributed by atoms with Gasteiger partial charge in [0.15, 0.2) is 0 Å². The predicted molar refractivity (Wildman–Crippen MR) is 50.4 cm³/mol. The van der Waals surface area contributed by atoms with Gasteiger partial charge in [0, 0.05) is 39.3 Å². The normalized spacial score (nSPS) is 26.0. The van der Waals surface area contributed by atoms with Gasteiger partial charge in [0.25, 0.3) is 0 Å². The van der Waals surface area contributed by atoms with Crippen molar-refractivity contribution >= 4 is 0 Å². The molecule has 1 rings (SSSR count). The van der Waals surface area contributed by atoms with Gasteiger partial charge < -0.3 is 10.1 Å². The molecule has 0 radical (unpaired) electrons. The van der Waals surface area contributed by atoms with E-state index in [1.165, 1.54) is 13.0 Å². The molecule has 1 aliphatic heterocycles. The second kappa shape index (κ2) is 5.51. The molecule has 3 heteroatoms. The topological polar surface area (TPSA) is 24.5 Å². The van der Waals surface area contributed by atoms with Crippen molar-refractivity contribution in [2.45, 2.75) is 19.4 Å². The van der Waals surface area contributed by atoms with Crippen LogP contribution in [-0.2, 0) is 4.74 Å². The molecule has 72 valence electrons. The molecular weight excluding hydrogens is 152 g/mol. The maximum absolute atomic E-state index is 5.08. The van der Waals surface area contributed by atoms with Crippen molar-refractivity contribution in [1.82, 2.24) is 10.2 Å². The second-order valence-corrected chi connectivity index (χ2v) is 3.29. The van der Waals surface area contributed by atoms with E-state index >= 15 is 0 Å². The van der Waals surface area contributed by atoms with Crippen molar-refractivity contribution in [1.29, 1.82) is 0 Å². The first-order chi connectivity index (χ1) is 5.88. The summed E-state index contributed by atoms with van der Waals surface area (Å²) in [7, 11) is 1.77.